The molecule has 0 saturated carbocycles. The third-order valence-electron chi connectivity index (χ3n) is 3.78. The van der Waals surface area contributed by atoms with Gasteiger partial charge in [0.05, 0.1) is 5.25 Å². The summed E-state index contributed by atoms with van der Waals surface area (Å²) in [6.07, 6.45) is -4.22. The van der Waals surface area contributed by atoms with E-state index in [0.717, 1.165) is 0 Å². The fourth-order valence-corrected chi connectivity index (χ4v) is 3.01. The van der Waals surface area contributed by atoms with Crippen LogP contribution in [-0.2, 0) is 10.1 Å². The van der Waals surface area contributed by atoms with E-state index in [1.165, 1.54) is 6.92 Å². The molecule has 0 fully saturated rings. The van der Waals surface area contributed by atoms with Crippen LogP contribution in [0.4, 0.5) is 52.7 Å². The Kier molecular flexibility index (Phi) is 7.95. The summed E-state index contributed by atoms with van der Waals surface area (Å²) in [5, 5.41) is -9.42. The SMILES string of the molecule is CCCCC(CC(F)(F)C(F)(F)C(F)(F)C(F)(F)C(F)(F)C(F)(F)Cl)S(=O)(=O)O. The van der Waals surface area contributed by atoms with Gasteiger partial charge >= 0.3 is 35.0 Å². The van der Waals surface area contributed by atoms with Gasteiger partial charge in [-0.1, -0.05) is 19.8 Å². The molecule has 0 aromatic heterocycles. The van der Waals surface area contributed by atoms with E-state index >= 15 is 0 Å². The molecule has 0 aliphatic rings. The molecule has 29 heavy (non-hydrogen) atoms. The smallest absolute Gasteiger partial charge is 0.285 e. The molecule has 1 atom stereocenters. The molecule has 0 heterocycles. The summed E-state index contributed by atoms with van der Waals surface area (Å²) in [7, 11) is -5.60. The fraction of sp³-hybridized carbons (Fsp3) is 1.00. The minimum Gasteiger partial charge on any atom is -0.285 e. The molecule has 3 nitrogen and oxygen atoms in total. The van der Waals surface area contributed by atoms with E-state index in [0.29, 0.717) is 0 Å². The fourth-order valence-electron chi connectivity index (χ4n) is 2.00. The second-order valence-corrected chi connectivity index (χ2v) is 8.15. The van der Waals surface area contributed by atoms with E-state index in [-0.39, 0.29) is 12.8 Å². The Morgan fingerprint density at radius 1 is 0.793 bits per heavy atom. The van der Waals surface area contributed by atoms with Gasteiger partial charge in [-0.3, -0.25) is 4.55 Å². The lowest BCUT2D eigenvalue weighted by molar-refractivity contribution is -0.417. The van der Waals surface area contributed by atoms with Crippen molar-refractivity contribution in [3.05, 3.63) is 0 Å². The van der Waals surface area contributed by atoms with E-state index in [2.05, 4.69) is 11.6 Å². The van der Waals surface area contributed by atoms with E-state index in [9.17, 15) is 61.1 Å². The number of hydrogen-bond acceptors (Lipinski definition) is 2. The zero-order valence-electron chi connectivity index (χ0n) is 14.0. The highest BCUT2D eigenvalue weighted by Gasteiger charge is 2.90. The van der Waals surface area contributed by atoms with Crippen LogP contribution in [0, 0.1) is 0 Å². The van der Waals surface area contributed by atoms with Crippen LogP contribution >= 0.6 is 11.6 Å². The van der Waals surface area contributed by atoms with E-state index in [1.54, 1.807) is 0 Å². The number of alkyl halides is 13. The summed E-state index contributed by atoms with van der Waals surface area (Å²) < 4.78 is 189. The zero-order valence-corrected chi connectivity index (χ0v) is 15.6. The van der Waals surface area contributed by atoms with Crippen molar-refractivity contribution in [1.29, 1.82) is 0 Å². The Hall–Kier alpha value is -0.640. The van der Waals surface area contributed by atoms with Crippen LogP contribution in [0.2, 0.25) is 0 Å². The lowest BCUT2D eigenvalue weighted by atomic mass is 9.91. The van der Waals surface area contributed by atoms with E-state index in [1.807, 2.05) is 0 Å². The quantitative estimate of drug-likeness (QED) is 0.221. The minimum absolute atomic E-state index is 0.0270. The highest BCUT2D eigenvalue weighted by atomic mass is 35.5. The van der Waals surface area contributed by atoms with Gasteiger partial charge in [0.1, 0.15) is 0 Å². The van der Waals surface area contributed by atoms with Gasteiger partial charge in [-0.15, -0.1) is 0 Å². The molecule has 17 heteroatoms. The van der Waals surface area contributed by atoms with E-state index in [4.69, 9.17) is 4.55 Å². The van der Waals surface area contributed by atoms with E-state index < -0.39 is 63.2 Å². The Balaban J connectivity index is 6.28. The molecule has 0 amide bonds. The van der Waals surface area contributed by atoms with Gasteiger partial charge in [0.15, 0.2) is 0 Å². The first-order chi connectivity index (χ1) is 12.4. The molecule has 0 aromatic carbocycles. The van der Waals surface area contributed by atoms with Crippen molar-refractivity contribution < 1.29 is 65.7 Å². The average molecular weight is 501 g/mol. The summed E-state index contributed by atoms with van der Waals surface area (Å²) in [5.74, 6) is -37.0. The first-order valence-electron chi connectivity index (χ1n) is 7.34. The van der Waals surface area contributed by atoms with Crippen molar-refractivity contribution in [2.75, 3.05) is 0 Å². The van der Waals surface area contributed by atoms with Crippen molar-refractivity contribution in [3.8, 4) is 0 Å². The molecule has 1 unspecified atom stereocenters. The lowest BCUT2D eigenvalue weighted by Gasteiger charge is -2.40. The molecule has 0 aromatic rings. The predicted molar refractivity (Wildman–Crippen MR) is 75.0 cm³/mol. The Bertz CT molecular complexity index is 674. The number of unbranched alkanes of at least 4 members (excludes halogenated alkanes) is 1. The first-order valence-corrected chi connectivity index (χ1v) is 9.22. The molecule has 0 radical (unpaired) electrons. The Morgan fingerprint density at radius 3 is 1.48 bits per heavy atom. The largest absolute Gasteiger partial charge is 0.393 e. The maximum absolute atomic E-state index is 13.7. The summed E-state index contributed by atoms with van der Waals surface area (Å²) >= 11 is 3.54. The first kappa shape index (κ1) is 28.4. The molecule has 0 rings (SSSR count). The van der Waals surface area contributed by atoms with Crippen LogP contribution < -0.4 is 0 Å². The van der Waals surface area contributed by atoms with Gasteiger partial charge in [0.2, 0.25) is 0 Å². The molecule has 1 N–H and O–H groups in total. The van der Waals surface area contributed by atoms with Gasteiger partial charge in [0, 0.05) is 6.42 Å². The highest BCUT2D eigenvalue weighted by molar-refractivity contribution is 7.86. The maximum Gasteiger partial charge on any atom is 0.393 e. The minimum atomic E-state index is -7.83. The molecular weight excluding hydrogens is 488 g/mol. The van der Waals surface area contributed by atoms with Crippen LogP contribution in [0.15, 0.2) is 0 Å². The Morgan fingerprint density at radius 2 is 1.17 bits per heavy atom. The second-order valence-electron chi connectivity index (χ2n) is 5.98. The average Bonchev–Trinajstić information content (AvgIpc) is 2.48. The second kappa shape index (κ2) is 8.13. The van der Waals surface area contributed by atoms with Crippen LogP contribution in [0.5, 0.6) is 0 Å². The molecular formula is C12H13ClF12O3S. The molecule has 0 saturated heterocycles. The van der Waals surface area contributed by atoms with Crippen molar-refractivity contribution in [3.63, 3.8) is 0 Å². The topological polar surface area (TPSA) is 54.4 Å². The van der Waals surface area contributed by atoms with Crippen molar-refractivity contribution in [1.82, 2.24) is 0 Å². The monoisotopic (exact) mass is 500 g/mol. The third kappa shape index (κ3) is 4.99. The van der Waals surface area contributed by atoms with Gasteiger partial charge in [-0.05, 0) is 18.0 Å². The number of halogens is 13. The van der Waals surface area contributed by atoms with Crippen molar-refractivity contribution in [2.24, 2.45) is 0 Å². The lowest BCUT2D eigenvalue weighted by Crippen LogP contribution is -2.70. The van der Waals surface area contributed by atoms with Crippen molar-refractivity contribution in [2.45, 2.75) is 72.9 Å². The molecule has 176 valence electrons. The highest BCUT2D eigenvalue weighted by Crippen LogP contribution is 2.61. The van der Waals surface area contributed by atoms with Crippen molar-refractivity contribution >= 4 is 21.7 Å². The van der Waals surface area contributed by atoms with Crippen LogP contribution in [0.25, 0.3) is 0 Å². The summed E-state index contributed by atoms with van der Waals surface area (Å²) in [6, 6.07) is 0. The van der Waals surface area contributed by atoms with Gasteiger partial charge in [0.25, 0.3) is 10.1 Å². The molecule has 0 bridgehead atoms. The summed E-state index contributed by atoms with van der Waals surface area (Å²) in [6.45, 7) is 1.33. The summed E-state index contributed by atoms with van der Waals surface area (Å²) in [5.41, 5.74) is 0. The van der Waals surface area contributed by atoms with Gasteiger partial charge in [-0.2, -0.15) is 61.1 Å². The predicted octanol–water partition coefficient (Wildman–Crippen LogP) is 5.83. The normalized spacial score (nSPS) is 16.8. The number of rotatable bonds is 11. The van der Waals surface area contributed by atoms with Gasteiger partial charge in [-0.25, -0.2) is 0 Å². The third-order valence-corrected chi connectivity index (χ3v) is 5.27. The standard InChI is InChI=1S/C12H13ClF12O3S/c1-2-3-4-6(29(26,27)28)5-7(14,15)8(16,17)9(18,19)10(20,21)11(22,23)12(13,24)25/h6H,2-5H2,1H3,(H,26,27,28). The molecule has 0 aliphatic carbocycles. The maximum atomic E-state index is 13.7. The molecule has 0 aliphatic heterocycles. The van der Waals surface area contributed by atoms with Gasteiger partial charge < -0.3 is 0 Å². The number of hydrogen-bond donors (Lipinski definition) is 1. The Labute approximate surface area is 161 Å². The zero-order chi connectivity index (χ0) is 23.9. The van der Waals surface area contributed by atoms with Crippen LogP contribution in [0.1, 0.15) is 32.6 Å². The molecule has 0 spiro atoms. The van der Waals surface area contributed by atoms with Crippen LogP contribution in [-0.4, -0.2) is 53.2 Å². The summed E-state index contributed by atoms with van der Waals surface area (Å²) in [4.78, 5) is 0. The van der Waals surface area contributed by atoms with Crippen LogP contribution in [0.3, 0.4) is 0 Å².